The Morgan fingerprint density at radius 1 is 0.462 bits per heavy atom. The van der Waals surface area contributed by atoms with Crippen molar-refractivity contribution < 1.29 is 8.83 Å². The van der Waals surface area contributed by atoms with Gasteiger partial charge in [-0.2, -0.15) is 0 Å². The monoisotopic (exact) mass is 833 g/mol. The van der Waals surface area contributed by atoms with Crippen LogP contribution in [0, 0.1) is 0 Å². The summed E-state index contributed by atoms with van der Waals surface area (Å²) in [7, 11) is 0. The van der Waals surface area contributed by atoms with Gasteiger partial charge in [-0.25, -0.2) is 0 Å². The molecule has 11 rings (SSSR count). The van der Waals surface area contributed by atoms with E-state index in [-0.39, 0.29) is 0 Å². The Balaban J connectivity index is 1.01. The molecule has 0 amide bonds. The first-order valence-corrected chi connectivity index (χ1v) is 21.9. The molecule has 308 valence electrons. The Morgan fingerprint density at radius 3 is 1.94 bits per heavy atom. The van der Waals surface area contributed by atoms with Crippen molar-refractivity contribution in [3.05, 3.63) is 261 Å². The minimum absolute atomic E-state index is 0.842. The fourth-order valence-electron chi connectivity index (χ4n) is 8.99. The number of rotatable bonds is 11. The zero-order valence-electron chi connectivity index (χ0n) is 35.7. The Kier molecular flexibility index (Phi) is 10.2. The lowest BCUT2D eigenvalue weighted by Gasteiger charge is -2.23. The van der Waals surface area contributed by atoms with Crippen LogP contribution in [0.2, 0.25) is 0 Å². The van der Waals surface area contributed by atoms with Gasteiger partial charge in [0.2, 0.25) is 0 Å². The fourth-order valence-corrected chi connectivity index (χ4v) is 8.99. The van der Waals surface area contributed by atoms with Crippen LogP contribution in [0.25, 0.3) is 99.3 Å². The quantitative estimate of drug-likeness (QED) is 0.122. The van der Waals surface area contributed by atoms with E-state index in [0.717, 1.165) is 88.5 Å². The van der Waals surface area contributed by atoms with Crippen LogP contribution in [0.4, 0.5) is 5.69 Å². The predicted octanol–water partition coefficient (Wildman–Crippen LogP) is 17.5. The summed E-state index contributed by atoms with van der Waals surface area (Å²) in [5.41, 5.74) is 13.1. The first kappa shape index (κ1) is 39.2. The first-order chi connectivity index (χ1) is 32.1. The molecule has 2 aromatic heterocycles. The highest BCUT2D eigenvalue weighted by molar-refractivity contribution is 6.13. The third-order valence-electron chi connectivity index (χ3n) is 12.2. The summed E-state index contributed by atoms with van der Waals surface area (Å²) in [5, 5.41) is 9.11. The molecule has 0 bridgehead atoms. The van der Waals surface area contributed by atoms with E-state index < -0.39 is 0 Å². The molecule has 11 aromatic rings. The highest BCUT2D eigenvalue weighted by atomic mass is 16.3. The van der Waals surface area contributed by atoms with E-state index >= 15 is 0 Å². The molecular formula is C62H43NO2. The van der Waals surface area contributed by atoms with E-state index in [4.69, 9.17) is 8.83 Å². The van der Waals surface area contributed by atoms with Crippen LogP contribution < -0.4 is 4.90 Å². The lowest BCUT2D eigenvalue weighted by Crippen LogP contribution is -2.14. The standard InChI is InChI=1S/C62H43NO2/c1-3-5-23-54(38-52-21-13-26-60-62(52)57-40-48-17-8-9-18-49(48)41-61(57)65-60)63(35-14-22-42(4-2)51-31-34-59-56(39-51)55-24-10-11-25-58(55)64-59)53-32-29-44(30-33-53)46-19-12-20-47(36-46)50-28-27-43-15-6-7-16-45(43)37-50/h3-41H,1-2H2/b23-5-,35-14+,42-22+,54-38-. The Labute approximate surface area is 377 Å². The molecule has 9 aromatic carbocycles. The molecule has 0 aliphatic rings. The van der Waals surface area contributed by atoms with Gasteiger partial charge < -0.3 is 13.7 Å². The van der Waals surface area contributed by atoms with Gasteiger partial charge in [0.05, 0.1) is 0 Å². The van der Waals surface area contributed by atoms with Gasteiger partial charge in [-0.15, -0.1) is 0 Å². The minimum atomic E-state index is 0.842. The van der Waals surface area contributed by atoms with Crippen molar-refractivity contribution in [1.82, 2.24) is 0 Å². The number of allylic oxidation sites excluding steroid dienone is 7. The zero-order chi connectivity index (χ0) is 43.7. The average molecular weight is 834 g/mol. The van der Waals surface area contributed by atoms with Crippen LogP contribution in [0.1, 0.15) is 11.1 Å². The summed E-state index contributed by atoms with van der Waals surface area (Å²) in [4.78, 5) is 2.22. The molecule has 0 aliphatic heterocycles. The third kappa shape index (κ3) is 7.56. The number of para-hydroxylation sites is 1. The van der Waals surface area contributed by atoms with Crippen LogP contribution in [-0.4, -0.2) is 0 Å². The Bertz CT molecular complexity index is 3760. The summed E-state index contributed by atoms with van der Waals surface area (Å²) >= 11 is 0. The topological polar surface area (TPSA) is 29.5 Å². The van der Waals surface area contributed by atoms with Crippen molar-refractivity contribution in [2.24, 2.45) is 0 Å². The largest absolute Gasteiger partial charge is 0.456 e. The van der Waals surface area contributed by atoms with Crippen LogP contribution >= 0.6 is 0 Å². The van der Waals surface area contributed by atoms with E-state index in [1.54, 1.807) is 0 Å². The number of furan rings is 2. The second kappa shape index (κ2) is 16.9. The van der Waals surface area contributed by atoms with E-state index in [1.807, 2.05) is 48.6 Å². The maximum atomic E-state index is 6.50. The van der Waals surface area contributed by atoms with Gasteiger partial charge in [0.1, 0.15) is 22.3 Å². The molecule has 0 N–H and O–H groups in total. The number of anilines is 1. The highest BCUT2D eigenvalue weighted by Gasteiger charge is 2.15. The molecule has 0 saturated heterocycles. The first-order valence-electron chi connectivity index (χ1n) is 21.9. The molecule has 0 unspecified atom stereocenters. The minimum Gasteiger partial charge on any atom is -0.456 e. The van der Waals surface area contributed by atoms with Crippen molar-refractivity contribution in [1.29, 1.82) is 0 Å². The summed E-state index contributed by atoms with van der Waals surface area (Å²) in [6.07, 6.45) is 16.3. The molecular weight excluding hydrogens is 791 g/mol. The summed E-state index contributed by atoms with van der Waals surface area (Å²) in [6.45, 7) is 8.26. The van der Waals surface area contributed by atoms with Gasteiger partial charge in [0.15, 0.2) is 0 Å². The summed E-state index contributed by atoms with van der Waals surface area (Å²) in [5.74, 6) is 0. The maximum Gasteiger partial charge on any atom is 0.136 e. The van der Waals surface area contributed by atoms with Gasteiger partial charge in [-0.05, 0) is 139 Å². The molecule has 0 atom stereocenters. The number of benzene rings is 9. The third-order valence-corrected chi connectivity index (χ3v) is 12.2. The summed E-state index contributed by atoms with van der Waals surface area (Å²) in [6, 6.07) is 66.3. The molecule has 0 fully saturated rings. The highest BCUT2D eigenvalue weighted by Crippen LogP contribution is 2.37. The van der Waals surface area contributed by atoms with E-state index in [2.05, 4.69) is 206 Å². The van der Waals surface area contributed by atoms with Gasteiger partial charge in [0.25, 0.3) is 0 Å². The normalized spacial score (nSPS) is 12.5. The smallest absolute Gasteiger partial charge is 0.136 e. The molecule has 0 saturated carbocycles. The lowest BCUT2D eigenvalue weighted by molar-refractivity contribution is 0.668. The number of fused-ring (bicyclic) bond motifs is 8. The van der Waals surface area contributed by atoms with Crippen molar-refractivity contribution in [2.45, 2.75) is 0 Å². The van der Waals surface area contributed by atoms with Crippen molar-refractivity contribution in [3.63, 3.8) is 0 Å². The summed E-state index contributed by atoms with van der Waals surface area (Å²) < 4.78 is 12.6. The van der Waals surface area contributed by atoms with Crippen LogP contribution in [-0.2, 0) is 0 Å². The van der Waals surface area contributed by atoms with E-state index in [1.165, 1.54) is 27.3 Å². The van der Waals surface area contributed by atoms with Gasteiger partial charge >= 0.3 is 0 Å². The lowest BCUT2D eigenvalue weighted by atomic mass is 9.97. The van der Waals surface area contributed by atoms with E-state index in [0.29, 0.717) is 0 Å². The van der Waals surface area contributed by atoms with E-state index in [9.17, 15) is 0 Å². The van der Waals surface area contributed by atoms with Crippen molar-refractivity contribution in [2.75, 3.05) is 4.90 Å². The molecule has 0 aliphatic carbocycles. The molecule has 3 heteroatoms. The maximum absolute atomic E-state index is 6.50. The molecule has 3 nitrogen and oxygen atoms in total. The second-order valence-electron chi connectivity index (χ2n) is 16.2. The van der Waals surface area contributed by atoms with Crippen molar-refractivity contribution >= 4 is 82.8 Å². The van der Waals surface area contributed by atoms with Gasteiger partial charge in [0, 0.05) is 39.1 Å². The molecule has 0 spiro atoms. The number of nitrogens with zero attached hydrogens (tertiary/aromatic N) is 1. The Morgan fingerprint density at radius 2 is 1.12 bits per heavy atom. The van der Waals surface area contributed by atoms with Crippen molar-refractivity contribution in [3.8, 4) is 22.3 Å². The number of hydrogen-bond donors (Lipinski definition) is 0. The van der Waals surface area contributed by atoms with Crippen LogP contribution in [0.15, 0.2) is 258 Å². The zero-order valence-corrected chi connectivity index (χ0v) is 35.7. The van der Waals surface area contributed by atoms with Gasteiger partial charge in [-0.3, -0.25) is 0 Å². The number of hydrogen-bond acceptors (Lipinski definition) is 3. The van der Waals surface area contributed by atoms with Crippen LogP contribution in [0.3, 0.4) is 0 Å². The molecule has 65 heavy (non-hydrogen) atoms. The fraction of sp³-hybridized carbons (Fsp3) is 0. The molecule has 0 radical (unpaired) electrons. The van der Waals surface area contributed by atoms with Gasteiger partial charge in [-0.1, -0.05) is 165 Å². The average Bonchev–Trinajstić information content (AvgIpc) is 3.92. The predicted molar refractivity (Wildman–Crippen MR) is 277 cm³/mol. The second-order valence-corrected chi connectivity index (χ2v) is 16.2. The molecule has 2 heterocycles. The van der Waals surface area contributed by atoms with Crippen LogP contribution in [0.5, 0.6) is 0 Å². The Hall–Kier alpha value is -8.66. The SMILES string of the molecule is C=C/C=C\C(=C\c1cccc2oc3cc4ccccc4cc3c12)N(/C=C/C=C(\C=C)c1ccc2oc3ccccc3c2c1)c1ccc(-c2cccc(-c3ccc4ccccc4c3)c2)cc1.